The predicted molar refractivity (Wildman–Crippen MR) is 86.8 cm³/mol. The Hall–Kier alpha value is -0.330. The smallest absolute Gasteiger partial charge is 0.255 e. The molecule has 0 aliphatic carbocycles. The van der Waals surface area contributed by atoms with Crippen LogP contribution in [0.15, 0.2) is 18.2 Å². The maximum absolute atomic E-state index is 12.6. The topological polar surface area (TPSA) is 23.6 Å². The van der Waals surface area contributed by atoms with E-state index in [9.17, 15) is 4.79 Å². The van der Waals surface area contributed by atoms with Crippen LogP contribution in [0.2, 0.25) is 5.02 Å². The lowest BCUT2D eigenvalue weighted by Gasteiger charge is -2.45. The Kier molecular flexibility index (Phi) is 4.42. The number of halogens is 2. The third-order valence-electron chi connectivity index (χ3n) is 3.76. The van der Waals surface area contributed by atoms with E-state index in [1.54, 1.807) is 6.07 Å². The van der Waals surface area contributed by atoms with Crippen LogP contribution >= 0.6 is 34.2 Å². The molecule has 1 saturated heterocycles. The summed E-state index contributed by atoms with van der Waals surface area (Å²) in [5, 5.41) is 0.608. The van der Waals surface area contributed by atoms with Crippen molar-refractivity contribution in [1.82, 2.24) is 9.80 Å². The summed E-state index contributed by atoms with van der Waals surface area (Å²) in [5.74, 6) is 0.0769. The van der Waals surface area contributed by atoms with Crippen LogP contribution in [-0.4, -0.2) is 47.9 Å². The zero-order valence-electron chi connectivity index (χ0n) is 11.4. The van der Waals surface area contributed by atoms with Gasteiger partial charge in [0.05, 0.1) is 5.56 Å². The lowest BCUT2D eigenvalue weighted by molar-refractivity contribution is 0.0310. The SMILES string of the molecule is CN1CCN(C(=O)c2cc(Cl)ccc2I)CC1(C)C. The molecular formula is C14H18ClIN2O. The average Bonchev–Trinajstić information content (AvgIpc) is 2.35. The molecule has 1 amide bonds. The highest BCUT2D eigenvalue weighted by molar-refractivity contribution is 14.1. The Balaban J connectivity index is 2.23. The van der Waals surface area contributed by atoms with Gasteiger partial charge in [-0.25, -0.2) is 0 Å². The van der Waals surface area contributed by atoms with Crippen molar-refractivity contribution in [2.24, 2.45) is 0 Å². The van der Waals surface area contributed by atoms with Crippen LogP contribution in [0.25, 0.3) is 0 Å². The number of piperazine rings is 1. The Labute approximate surface area is 133 Å². The van der Waals surface area contributed by atoms with Crippen molar-refractivity contribution in [2.75, 3.05) is 26.7 Å². The van der Waals surface area contributed by atoms with Gasteiger partial charge in [-0.15, -0.1) is 0 Å². The van der Waals surface area contributed by atoms with Gasteiger partial charge in [-0.1, -0.05) is 11.6 Å². The van der Waals surface area contributed by atoms with Gasteiger partial charge in [0, 0.05) is 33.8 Å². The van der Waals surface area contributed by atoms with E-state index in [0.717, 1.165) is 23.2 Å². The molecule has 0 atom stereocenters. The number of rotatable bonds is 1. The third kappa shape index (κ3) is 3.23. The van der Waals surface area contributed by atoms with Crippen LogP contribution in [0, 0.1) is 3.57 Å². The predicted octanol–water partition coefficient (Wildman–Crippen LogP) is 3.11. The summed E-state index contributed by atoms with van der Waals surface area (Å²) < 4.78 is 0.948. The second-order valence-corrected chi connectivity index (χ2v) is 7.18. The number of carbonyl (C=O) groups excluding carboxylic acids is 1. The molecule has 1 aliphatic heterocycles. The van der Waals surface area contributed by atoms with Gasteiger partial charge >= 0.3 is 0 Å². The molecule has 104 valence electrons. The van der Waals surface area contributed by atoms with Crippen molar-refractivity contribution >= 4 is 40.1 Å². The molecule has 0 saturated carbocycles. The zero-order chi connectivity index (χ0) is 14.2. The highest BCUT2D eigenvalue weighted by Crippen LogP contribution is 2.24. The fourth-order valence-corrected chi connectivity index (χ4v) is 2.98. The first-order valence-electron chi connectivity index (χ1n) is 6.27. The molecule has 3 nitrogen and oxygen atoms in total. The second-order valence-electron chi connectivity index (χ2n) is 5.58. The van der Waals surface area contributed by atoms with Crippen molar-refractivity contribution in [3.8, 4) is 0 Å². The fourth-order valence-electron chi connectivity index (χ4n) is 2.25. The summed E-state index contributed by atoms with van der Waals surface area (Å²) >= 11 is 8.18. The second kappa shape index (κ2) is 5.58. The number of hydrogen-bond acceptors (Lipinski definition) is 2. The third-order valence-corrected chi connectivity index (χ3v) is 4.94. The molecule has 1 aromatic rings. The summed E-state index contributed by atoms with van der Waals surface area (Å²) in [4.78, 5) is 16.8. The normalized spacial score (nSPS) is 19.5. The lowest BCUT2D eigenvalue weighted by Crippen LogP contribution is -2.58. The zero-order valence-corrected chi connectivity index (χ0v) is 14.3. The van der Waals surface area contributed by atoms with E-state index < -0.39 is 0 Å². The quantitative estimate of drug-likeness (QED) is 0.686. The first-order chi connectivity index (χ1) is 8.81. The number of benzene rings is 1. The molecular weight excluding hydrogens is 375 g/mol. The maximum atomic E-state index is 12.6. The fraction of sp³-hybridized carbons (Fsp3) is 0.500. The molecule has 1 aromatic carbocycles. The Morgan fingerprint density at radius 2 is 2.05 bits per heavy atom. The molecule has 0 aromatic heterocycles. The molecule has 2 rings (SSSR count). The first-order valence-corrected chi connectivity index (χ1v) is 7.72. The highest BCUT2D eigenvalue weighted by Gasteiger charge is 2.33. The van der Waals surface area contributed by atoms with Gasteiger partial charge in [0.2, 0.25) is 0 Å². The molecule has 0 bridgehead atoms. The van der Waals surface area contributed by atoms with Gasteiger partial charge in [-0.2, -0.15) is 0 Å². The van der Waals surface area contributed by atoms with Crippen LogP contribution in [-0.2, 0) is 0 Å². The van der Waals surface area contributed by atoms with Crippen LogP contribution in [0.4, 0.5) is 0 Å². The van der Waals surface area contributed by atoms with Crippen molar-refractivity contribution in [3.63, 3.8) is 0 Å². The van der Waals surface area contributed by atoms with Gasteiger partial charge in [0.25, 0.3) is 5.91 Å². The van der Waals surface area contributed by atoms with Crippen LogP contribution < -0.4 is 0 Å². The van der Waals surface area contributed by atoms with Crippen LogP contribution in [0.3, 0.4) is 0 Å². The highest BCUT2D eigenvalue weighted by atomic mass is 127. The van der Waals surface area contributed by atoms with Gasteiger partial charge in [-0.3, -0.25) is 9.69 Å². The van der Waals surface area contributed by atoms with E-state index in [1.807, 2.05) is 17.0 Å². The molecule has 1 aliphatic rings. The molecule has 0 radical (unpaired) electrons. The molecule has 0 N–H and O–H groups in total. The molecule has 5 heteroatoms. The lowest BCUT2D eigenvalue weighted by atomic mass is 9.99. The number of hydrogen-bond donors (Lipinski definition) is 0. The minimum atomic E-state index is 0.0118. The molecule has 19 heavy (non-hydrogen) atoms. The Morgan fingerprint density at radius 1 is 1.37 bits per heavy atom. The van der Waals surface area contributed by atoms with Crippen molar-refractivity contribution in [2.45, 2.75) is 19.4 Å². The van der Waals surface area contributed by atoms with Gasteiger partial charge < -0.3 is 4.90 Å². The first kappa shape index (κ1) is 15.1. The minimum Gasteiger partial charge on any atom is -0.335 e. The summed E-state index contributed by atoms with van der Waals surface area (Å²) in [6.45, 7) is 6.73. The molecule has 0 spiro atoms. The van der Waals surface area contributed by atoms with Crippen molar-refractivity contribution < 1.29 is 4.79 Å². The van der Waals surface area contributed by atoms with Crippen molar-refractivity contribution in [3.05, 3.63) is 32.4 Å². The van der Waals surface area contributed by atoms with E-state index in [0.29, 0.717) is 10.6 Å². The number of likely N-dealkylation sites (N-methyl/N-ethyl adjacent to an activating group) is 1. The van der Waals surface area contributed by atoms with E-state index in [4.69, 9.17) is 11.6 Å². The number of amides is 1. The van der Waals surface area contributed by atoms with E-state index in [-0.39, 0.29) is 11.4 Å². The largest absolute Gasteiger partial charge is 0.335 e. The summed E-state index contributed by atoms with van der Waals surface area (Å²) in [6.07, 6.45) is 0. The Bertz CT molecular complexity index is 504. The molecule has 0 unspecified atom stereocenters. The molecule has 1 fully saturated rings. The number of carbonyl (C=O) groups is 1. The monoisotopic (exact) mass is 392 g/mol. The minimum absolute atomic E-state index is 0.0118. The van der Waals surface area contributed by atoms with Crippen molar-refractivity contribution in [1.29, 1.82) is 0 Å². The van der Waals surface area contributed by atoms with Crippen LogP contribution in [0.1, 0.15) is 24.2 Å². The standard InChI is InChI=1S/C14H18ClIN2O/c1-14(2)9-18(7-6-17(14)3)13(19)11-8-10(15)4-5-12(11)16/h4-5,8H,6-7,9H2,1-3H3. The van der Waals surface area contributed by atoms with E-state index in [2.05, 4.69) is 48.4 Å². The summed E-state index contributed by atoms with van der Waals surface area (Å²) in [5.41, 5.74) is 0.714. The van der Waals surface area contributed by atoms with Gasteiger partial charge in [-0.05, 0) is 61.7 Å². The van der Waals surface area contributed by atoms with Gasteiger partial charge in [0.15, 0.2) is 0 Å². The summed E-state index contributed by atoms with van der Waals surface area (Å²) in [6, 6.07) is 5.46. The van der Waals surface area contributed by atoms with Gasteiger partial charge in [0.1, 0.15) is 0 Å². The molecule has 1 heterocycles. The van der Waals surface area contributed by atoms with E-state index >= 15 is 0 Å². The number of nitrogens with zero attached hydrogens (tertiary/aromatic N) is 2. The van der Waals surface area contributed by atoms with Crippen LogP contribution in [0.5, 0.6) is 0 Å². The average molecular weight is 393 g/mol. The maximum Gasteiger partial charge on any atom is 0.255 e. The van der Waals surface area contributed by atoms with E-state index in [1.165, 1.54) is 0 Å². The Morgan fingerprint density at radius 3 is 2.68 bits per heavy atom. The summed E-state index contributed by atoms with van der Waals surface area (Å²) in [7, 11) is 2.10.